The van der Waals surface area contributed by atoms with Crippen LogP contribution in [0.25, 0.3) is 10.9 Å². The fraction of sp³-hybridized carbons (Fsp3) is 0.526. The van der Waals surface area contributed by atoms with Gasteiger partial charge in [-0.2, -0.15) is 0 Å². The van der Waals surface area contributed by atoms with Crippen LogP contribution in [0, 0.1) is 13.8 Å². The Kier molecular flexibility index (Phi) is 4.63. The fourth-order valence-corrected chi connectivity index (χ4v) is 3.37. The van der Waals surface area contributed by atoms with Crippen molar-refractivity contribution in [3.8, 4) is 0 Å². The van der Waals surface area contributed by atoms with Crippen LogP contribution >= 0.6 is 0 Å². The van der Waals surface area contributed by atoms with Crippen molar-refractivity contribution < 1.29 is 0 Å². The van der Waals surface area contributed by atoms with E-state index in [1.807, 2.05) is 0 Å². The third kappa shape index (κ3) is 2.95. The summed E-state index contributed by atoms with van der Waals surface area (Å²) in [6.45, 7) is 7.37. The maximum atomic E-state index is 5.73. The molecule has 0 aliphatic carbocycles. The highest BCUT2D eigenvalue weighted by Gasteiger charge is 2.17. The number of aryl methyl sites for hydroxylation is 3. The summed E-state index contributed by atoms with van der Waals surface area (Å²) in [6.07, 6.45) is 5.96. The molecule has 3 heteroatoms. The van der Waals surface area contributed by atoms with E-state index in [1.54, 1.807) is 0 Å². The van der Waals surface area contributed by atoms with Gasteiger partial charge in [0.15, 0.2) is 0 Å². The molecule has 0 unspecified atom stereocenters. The standard InChI is InChI=1S/C19H27N3/c1-14-8-9-16-13-17(7-6-10-20)19(21-18(16)15(14)2)22-11-4-3-5-12-22/h8-9,13H,3-7,10-12,20H2,1-2H3. The van der Waals surface area contributed by atoms with E-state index in [-0.39, 0.29) is 0 Å². The fourth-order valence-electron chi connectivity index (χ4n) is 3.37. The van der Waals surface area contributed by atoms with Crippen molar-refractivity contribution in [1.29, 1.82) is 0 Å². The number of piperidine rings is 1. The summed E-state index contributed by atoms with van der Waals surface area (Å²) in [7, 11) is 0. The van der Waals surface area contributed by atoms with Gasteiger partial charge in [0.2, 0.25) is 0 Å². The van der Waals surface area contributed by atoms with E-state index < -0.39 is 0 Å². The second kappa shape index (κ2) is 6.66. The molecule has 118 valence electrons. The zero-order valence-corrected chi connectivity index (χ0v) is 13.9. The van der Waals surface area contributed by atoms with Crippen molar-refractivity contribution in [3.05, 3.63) is 34.9 Å². The van der Waals surface area contributed by atoms with E-state index >= 15 is 0 Å². The van der Waals surface area contributed by atoms with E-state index in [2.05, 4.69) is 36.9 Å². The number of hydrogen-bond donors (Lipinski definition) is 1. The Hall–Kier alpha value is -1.61. The molecule has 1 fully saturated rings. The lowest BCUT2D eigenvalue weighted by atomic mass is 10.0. The Morgan fingerprint density at radius 2 is 1.91 bits per heavy atom. The number of rotatable bonds is 4. The molecule has 1 aromatic carbocycles. The molecule has 1 aromatic heterocycles. The van der Waals surface area contributed by atoms with Gasteiger partial charge in [-0.05, 0) is 75.3 Å². The summed E-state index contributed by atoms with van der Waals surface area (Å²) >= 11 is 0. The van der Waals surface area contributed by atoms with Crippen LogP contribution in [0.3, 0.4) is 0 Å². The SMILES string of the molecule is Cc1ccc2cc(CCCN)c(N3CCCCC3)nc2c1C. The Labute approximate surface area is 133 Å². The normalized spacial score (nSPS) is 15.5. The largest absolute Gasteiger partial charge is 0.356 e. The van der Waals surface area contributed by atoms with Crippen molar-refractivity contribution in [2.75, 3.05) is 24.5 Å². The van der Waals surface area contributed by atoms with Crippen molar-refractivity contribution >= 4 is 16.7 Å². The lowest BCUT2D eigenvalue weighted by molar-refractivity contribution is 0.572. The van der Waals surface area contributed by atoms with Gasteiger partial charge in [-0.15, -0.1) is 0 Å². The molecule has 0 saturated carbocycles. The van der Waals surface area contributed by atoms with Crippen LogP contribution in [-0.4, -0.2) is 24.6 Å². The number of anilines is 1. The average Bonchev–Trinajstić information content (AvgIpc) is 2.56. The van der Waals surface area contributed by atoms with Crippen LogP contribution in [0.4, 0.5) is 5.82 Å². The summed E-state index contributed by atoms with van der Waals surface area (Å²) in [6, 6.07) is 6.75. The Morgan fingerprint density at radius 1 is 1.14 bits per heavy atom. The lowest BCUT2D eigenvalue weighted by Gasteiger charge is -2.30. The summed E-state index contributed by atoms with van der Waals surface area (Å²) in [5.74, 6) is 1.20. The van der Waals surface area contributed by atoms with Gasteiger partial charge in [-0.25, -0.2) is 4.98 Å². The smallest absolute Gasteiger partial charge is 0.132 e. The molecular weight excluding hydrogens is 270 g/mol. The minimum absolute atomic E-state index is 0.740. The summed E-state index contributed by atoms with van der Waals surface area (Å²) in [5, 5.41) is 1.26. The van der Waals surface area contributed by atoms with Crippen molar-refractivity contribution in [2.45, 2.75) is 46.0 Å². The first-order chi connectivity index (χ1) is 10.7. The van der Waals surface area contributed by atoms with Crippen LogP contribution in [0.1, 0.15) is 42.4 Å². The Morgan fingerprint density at radius 3 is 2.64 bits per heavy atom. The number of nitrogens with two attached hydrogens (primary N) is 1. The predicted molar refractivity (Wildman–Crippen MR) is 94.7 cm³/mol. The summed E-state index contributed by atoms with van der Waals surface area (Å²) in [5.41, 5.74) is 10.9. The topological polar surface area (TPSA) is 42.1 Å². The zero-order chi connectivity index (χ0) is 15.5. The van der Waals surface area contributed by atoms with Crippen LogP contribution in [0.15, 0.2) is 18.2 Å². The number of pyridine rings is 1. The molecule has 3 rings (SSSR count). The minimum Gasteiger partial charge on any atom is -0.356 e. The first-order valence-electron chi connectivity index (χ1n) is 8.55. The number of nitrogens with zero attached hydrogens (tertiary/aromatic N) is 2. The average molecular weight is 297 g/mol. The van der Waals surface area contributed by atoms with Crippen molar-refractivity contribution in [2.24, 2.45) is 5.73 Å². The van der Waals surface area contributed by atoms with Gasteiger partial charge in [0.1, 0.15) is 5.82 Å². The molecule has 0 atom stereocenters. The molecular formula is C19H27N3. The van der Waals surface area contributed by atoms with Crippen LogP contribution in [-0.2, 0) is 6.42 Å². The van der Waals surface area contributed by atoms with E-state index in [4.69, 9.17) is 10.7 Å². The predicted octanol–water partition coefficient (Wildman–Crippen LogP) is 3.73. The highest BCUT2D eigenvalue weighted by molar-refractivity contribution is 5.85. The second-order valence-electron chi connectivity index (χ2n) is 6.49. The van der Waals surface area contributed by atoms with E-state index in [0.29, 0.717) is 0 Å². The van der Waals surface area contributed by atoms with Gasteiger partial charge in [0.25, 0.3) is 0 Å². The monoisotopic (exact) mass is 297 g/mol. The Balaban J connectivity index is 2.10. The molecule has 3 nitrogen and oxygen atoms in total. The molecule has 2 aromatic rings. The lowest BCUT2D eigenvalue weighted by Crippen LogP contribution is -2.31. The number of hydrogen-bond acceptors (Lipinski definition) is 3. The minimum atomic E-state index is 0.740. The molecule has 1 aliphatic rings. The third-order valence-corrected chi connectivity index (χ3v) is 4.87. The van der Waals surface area contributed by atoms with Crippen molar-refractivity contribution in [1.82, 2.24) is 4.98 Å². The third-order valence-electron chi connectivity index (χ3n) is 4.87. The van der Waals surface area contributed by atoms with Gasteiger partial charge in [-0.3, -0.25) is 0 Å². The molecule has 2 N–H and O–H groups in total. The van der Waals surface area contributed by atoms with Crippen LogP contribution in [0.2, 0.25) is 0 Å². The van der Waals surface area contributed by atoms with Gasteiger partial charge < -0.3 is 10.6 Å². The molecule has 22 heavy (non-hydrogen) atoms. The van der Waals surface area contributed by atoms with Gasteiger partial charge in [0.05, 0.1) is 5.52 Å². The van der Waals surface area contributed by atoms with Crippen LogP contribution in [0.5, 0.6) is 0 Å². The maximum Gasteiger partial charge on any atom is 0.132 e. The summed E-state index contributed by atoms with van der Waals surface area (Å²) in [4.78, 5) is 7.58. The van der Waals surface area contributed by atoms with E-state index in [9.17, 15) is 0 Å². The first-order valence-corrected chi connectivity index (χ1v) is 8.55. The summed E-state index contributed by atoms with van der Waals surface area (Å²) < 4.78 is 0. The zero-order valence-electron chi connectivity index (χ0n) is 13.9. The highest BCUT2D eigenvalue weighted by atomic mass is 15.2. The van der Waals surface area contributed by atoms with Gasteiger partial charge in [0, 0.05) is 18.5 Å². The molecule has 2 heterocycles. The first kappa shape index (κ1) is 15.3. The van der Waals surface area contributed by atoms with E-state index in [0.717, 1.165) is 38.0 Å². The molecule has 0 spiro atoms. The maximum absolute atomic E-state index is 5.73. The van der Waals surface area contributed by atoms with Crippen LogP contribution < -0.4 is 10.6 Å². The number of benzene rings is 1. The molecule has 1 aliphatic heterocycles. The Bertz CT molecular complexity index is 657. The molecule has 0 bridgehead atoms. The molecule has 0 amide bonds. The van der Waals surface area contributed by atoms with Crippen molar-refractivity contribution in [3.63, 3.8) is 0 Å². The number of fused-ring (bicyclic) bond motifs is 1. The number of aromatic nitrogens is 1. The highest BCUT2D eigenvalue weighted by Crippen LogP contribution is 2.29. The molecule has 0 radical (unpaired) electrons. The second-order valence-corrected chi connectivity index (χ2v) is 6.49. The van der Waals surface area contributed by atoms with Gasteiger partial charge >= 0.3 is 0 Å². The molecule has 1 saturated heterocycles. The van der Waals surface area contributed by atoms with Gasteiger partial charge in [-0.1, -0.05) is 12.1 Å². The quantitative estimate of drug-likeness (QED) is 0.935. The van der Waals surface area contributed by atoms with E-state index in [1.165, 1.54) is 47.2 Å².